The predicted octanol–water partition coefficient (Wildman–Crippen LogP) is 2.34. The Morgan fingerprint density at radius 2 is 2.25 bits per heavy atom. The lowest BCUT2D eigenvalue weighted by atomic mass is 10.1. The normalized spacial score (nSPS) is 10.1. The van der Waals surface area contributed by atoms with Crippen molar-refractivity contribution >= 4 is 23.3 Å². The second-order valence-corrected chi connectivity index (χ2v) is 5.46. The highest BCUT2D eigenvalue weighted by Crippen LogP contribution is 2.29. The first kappa shape index (κ1) is 17.6. The Hall–Kier alpha value is -2.72. The molecule has 2 N–H and O–H groups in total. The number of anilines is 1. The van der Waals surface area contributed by atoms with Crippen molar-refractivity contribution < 1.29 is 9.53 Å². The molecule has 0 saturated heterocycles. The van der Waals surface area contributed by atoms with Crippen molar-refractivity contribution in [3.63, 3.8) is 0 Å². The fraction of sp³-hybridized carbons (Fsp3) is 0.312. The maximum absolute atomic E-state index is 12.2. The van der Waals surface area contributed by atoms with E-state index in [-0.39, 0.29) is 12.3 Å². The summed E-state index contributed by atoms with van der Waals surface area (Å²) in [5.41, 5.74) is 6.97. The van der Waals surface area contributed by atoms with Gasteiger partial charge in [-0.1, -0.05) is 23.7 Å². The lowest BCUT2D eigenvalue weighted by Gasteiger charge is -2.13. The smallest absolute Gasteiger partial charge is 0.242 e. The van der Waals surface area contributed by atoms with E-state index in [4.69, 9.17) is 21.6 Å². The molecule has 1 amide bonds. The number of para-hydroxylation sites is 1. The van der Waals surface area contributed by atoms with Crippen molar-refractivity contribution in [2.24, 2.45) is 7.05 Å². The van der Waals surface area contributed by atoms with Crippen molar-refractivity contribution in [3.05, 3.63) is 40.0 Å². The number of aromatic nitrogens is 2. The third-order valence-electron chi connectivity index (χ3n) is 3.34. The topological polar surface area (TPSA) is 92.0 Å². The molecule has 2 rings (SSSR count). The van der Waals surface area contributed by atoms with Crippen molar-refractivity contribution in [1.29, 1.82) is 5.26 Å². The molecular formula is C16H18ClN5O2. The summed E-state index contributed by atoms with van der Waals surface area (Å²) in [6.45, 7) is 4.03. The molecule has 1 heterocycles. The predicted molar refractivity (Wildman–Crippen MR) is 90.8 cm³/mol. The summed E-state index contributed by atoms with van der Waals surface area (Å²) in [6.07, 6.45) is 0.0849. The molecular weight excluding hydrogens is 330 g/mol. The monoisotopic (exact) mass is 347 g/mol. The van der Waals surface area contributed by atoms with Crippen LogP contribution in [-0.4, -0.2) is 22.3 Å². The van der Waals surface area contributed by atoms with Gasteiger partial charge in [0.2, 0.25) is 5.91 Å². The summed E-state index contributed by atoms with van der Waals surface area (Å²) in [6, 6.07) is 7.32. The van der Waals surface area contributed by atoms with Crippen LogP contribution in [0.2, 0.25) is 5.02 Å². The average molecular weight is 348 g/mol. The molecule has 0 bridgehead atoms. The highest BCUT2D eigenvalue weighted by molar-refractivity contribution is 6.32. The van der Waals surface area contributed by atoms with Gasteiger partial charge in [0.25, 0.3) is 0 Å². The molecule has 0 aliphatic heterocycles. The number of nitrogens with zero attached hydrogens (tertiary/aromatic N) is 3. The zero-order valence-electron chi connectivity index (χ0n) is 13.7. The van der Waals surface area contributed by atoms with E-state index in [1.165, 1.54) is 4.68 Å². The zero-order valence-corrected chi connectivity index (χ0v) is 14.4. The summed E-state index contributed by atoms with van der Waals surface area (Å²) in [7, 11) is 1.69. The molecule has 0 fully saturated rings. The number of carbonyl (C=O) groups excluding carboxylic acids is 1. The van der Waals surface area contributed by atoms with E-state index in [9.17, 15) is 4.79 Å². The van der Waals surface area contributed by atoms with Gasteiger partial charge in [0.05, 0.1) is 23.7 Å². The Balaban J connectivity index is 2.08. The summed E-state index contributed by atoms with van der Waals surface area (Å²) in [5.74, 6) is 0.645. The van der Waals surface area contributed by atoms with Crippen LogP contribution < -0.4 is 15.6 Å². The Morgan fingerprint density at radius 3 is 2.92 bits per heavy atom. The lowest BCUT2D eigenvalue weighted by molar-refractivity contribution is -0.120. The van der Waals surface area contributed by atoms with Gasteiger partial charge in [-0.05, 0) is 19.9 Å². The first-order chi connectivity index (χ1) is 11.5. The fourth-order valence-corrected chi connectivity index (χ4v) is 2.53. The van der Waals surface area contributed by atoms with E-state index in [1.54, 1.807) is 32.2 Å². The van der Waals surface area contributed by atoms with Crippen LogP contribution in [-0.2, 0) is 18.3 Å². The van der Waals surface area contributed by atoms with E-state index in [1.807, 2.05) is 6.92 Å². The van der Waals surface area contributed by atoms with Crippen LogP contribution in [0.25, 0.3) is 0 Å². The number of amides is 1. The van der Waals surface area contributed by atoms with Crippen molar-refractivity contribution in [1.82, 2.24) is 15.2 Å². The van der Waals surface area contributed by atoms with Gasteiger partial charge in [0, 0.05) is 12.6 Å². The van der Waals surface area contributed by atoms with E-state index in [2.05, 4.69) is 22.0 Å². The molecule has 0 saturated carbocycles. The number of hydrogen-bond donors (Lipinski definition) is 2. The Labute approximate surface area is 145 Å². The molecule has 0 aliphatic rings. The number of benzene rings is 1. The standard InChI is InChI=1S/C16H18ClN5O2/c1-4-24-15-11(6-5-7-13(15)17)8-14(23)19-20-16-12(9-18)10(2)21-22(16)3/h5-7,20H,4,8H2,1-3H3,(H,19,23). The first-order valence-electron chi connectivity index (χ1n) is 7.36. The molecule has 0 atom stereocenters. The minimum Gasteiger partial charge on any atom is -0.492 e. The van der Waals surface area contributed by atoms with Crippen LogP contribution in [0, 0.1) is 18.3 Å². The van der Waals surface area contributed by atoms with Gasteiger partial charge < -0.3 is 4.74 Å². The molecule has 1 aromatic heterocycles. The Bertz CT molecular complexity index is 794. The number of ether oxygens (including phenoxy) is 1. The van der Waals surface area contributed by atoms with Crippen LogP contribution in [0.15, 0.2) is 18.2 Å². The third-order valence-corrected chi connectivity index (χ3v) is 3.64. The van der Waals surface area contributed by atoms with Crippen LogP contribution in [0.1, 0.15) is 23.7 Å². The Kier molecular flexibility index (Phi) is 5.66. The van der Waals surface area contributed by atoms with Gasteiger partial charge >= 0.3 is 0 Å². The number of nitrogens with one attached hydrogen (secondary N) is 2. The Morgan fingerprint density at radius 1 is 1.50 bits per heavy atom. The summed E-state index contributed by atoms with van der Waals surface area (Å²) < 4.78 is 7.00. The maximum Gasteiger partial charge on any atom is 0.242 e. The van der Waals surface area contributed by atoms with Crippen molar-refractivity contribution in [3.8, 4) is 11.8 Å². The van der Waals surface area contributed by atoms with Gasteiger partial charge in [-0.3, -0.25) is 20.3 Å². The third kappa shape index (κ3) is 3.78. The van der Waals surface area contributed by atoms with Gasteiger partial charge in [-0.2, -0.15) is 10.4 Å². The van der Waals surface area contributed by atoms with Crippen LogP contribution in [0.4, 0.5) is 5.82 Å². The number of nitriles is 1. The first-order valence-corrected chi connectivity index (χ1v) is 7.74. The average Bonchev–Trinajstić information content (AvgIpc) is 2.81. The second-order valence-electron chi connectivity index (χ2n) is 5.06. The minimum absolute atomic E-state index is 0.0849. The molecule has 24 heavy (non-hydrogen) atoms. The van der Waals surface area contributed by atoms with Crippen molar-refractivity contribution in [2.75, 3.05) is 12.0 Å². The van der Waals surface area contributed by atoms with Gasteiger partial charge in [0.15, 0.2) is 5.82 Å². The molecule has 0 aliphatic carbocycles. The zero-order chi connectivity index (χ0) is 17.7. The molecule has 8 heteroatoms. The van der Waals surface area contributed by atoms with E-state index in [0.29, 0.717) is 40.0 Å². The highest BCUT2D eigenvalue weighted by atomic mass is 35.5. The van der Waals surface area contributed by atoms with Crippen LogP contribution in [0.3, 0.4) is 0 Å². The minimum atomic E-state index is -0.291. The quantitative estimate of drug-likeness (QED) is 0.782. The number of rotatable bonds is 6. The molecule has 126 valence electrons. The van der Waals surface area contributed by atoms with E-state index >= 15 is 0 Å². The van der Waals surface area contributed by atoms with Crippen LogP contribution in [0.5, 0.6) is 5.75 Å². The molecule has 0 radical (unpaired) electrons. The largest absolute Gasteiger partial charge is 0.492 e. The SMILES string of the molecule is CCOc1c(Cl)cccc1CC(=O)NNc1c(C#N)c(C)nn1C. The highest BCUT2D eigenvalue weighted by Gasteiger charge is 2.15. The second kappa shape index (κ2) is 7.70. The molecule has 1 aromatic carbocycles. The lowest BCUT2D eigenvalue weighted by Crippen LogP contribution is -2.32. The summed E-state index contributed by atoms with van der Waals surface area (Å²) in [5, 5.41) is 13.8. The van der Waals surface area contributed by atoms with E-state index < -0.39 is 0 Å². The van der Waals surface area contributed by atoms with Crippen LogP contribution >= 0.6 is 11.6 Å². The number of halogens is 1. The molecule has 0 spiro atoms. The molecule has 7 nitrogen and oxygen atoms in total. The van der Waals surface area contributed by atoms with Gasteiger partial charge in [-0.25, -0.2) is 0 Å². The fourth-order valence-electron chi connectivity index (χ4n) is 2.28. The maximum atomic E-state index is 12.2. The van der Waals surface area contributed by atoms with E-state index in [0.717, 1.165) is 0 Å². The van der Waals surface area contributed by atoms with Gasteiger partial charge in [-0.15, -0.1) is 0 Å². The number of hydrogen-bond acceptors (Lipinski definition) is 5. The summed E-state index contributed by atoms with van der Waals surface area (Å²) >= 11 is 6.11. The number of carbonyl (C=O) groups is 1. The number of hydrazine groups is 1. The van der Waals surface area contributed by atoms with Crippen molar-refractivity contribution in [2.45, 2.75) is 20.3 Å². The number of aryl methyl sites for hydroxylation is 2. The van der Waals surface area contributed by atoms with Gasteiger partial charge in [0.1, 0.15) is 17.4 Å². The molecule has 0 unspecified atom stereocenters. The molecule has 2 aromatic rings. The summed E-state index contributed by atoms with van der Waals surface area (Å²) in [4.78, 5) is 12.2.